The number of rotatable bonds is 3. The zero-order chi connectivity index (χ0) is 15.7. The van der Waals surface area contributed by atoms with Crippen LogP contribution >= 0.6 is 11.3 Å². The van der Waals surface area contributed by atoms with Crippen LogP contribution in [0.5, 0.6) is 0 Å². The van der Waals surface area contributed by atoms with Gasteiger partial charge in [0.25, 0.3) is 0 Å². The first-order valence-electron chi connectivity index (χ1n) is 7.41. The number of aryl methyl sites for hydroxylation is 4. The molecule has 1 N–H and O–H groups in total. The molecule has 1 heterocycles. The van der Waals surface area contributed by atoms with E-state index in [-0.39, 0.29) is 0 Å². The van der Waals surface area contributed by atoms with E-state index in [1.807, 2.05) is 0 Å². The van der Waals surface area contributed by atoms with Crippen molar-refractivity contribution in [2.24, 2.45) is 0 Å². The Hall–Kier alpha value is -2.13. The maximum absolute atomic E-state index is 4.80. The molecule has 112 valence electrons. The van der Waals surface area contributed by atoms with Crippen LogP contribution in [0, 0.1) is 27.7 Å². The molecule has 0 radical (unpaired) electrons. The van der Waals surface area contributed by atoms with Gasteiger partial charge in [0.2, 0.25) is 0 Å². The molecule has 0 spiro atoms. The summed E-state index contributed by atoms with van der Waals surface area (Å²) in [6.45, 7) is 8.50. The number of benzene rings is 2. The van der Waals surface area contributed by atoms with Crippen LogP contribution in [0.2, 0.25) is 0 Å². The topological polar surface area (TPSA) is 24.9 Å². The molecule has 0 aliphatic carbocycles. The van der Waals surface area contributed by atoms with Gasteiger partial charge in [0.05, 0.1) is 5.69 Å². The van der Waals surface area contributed by atoms with Gasteiger partial charge < -0.3 is 5.32 Å². The molecule has 0 bridgehead atoms. The Morgan fingerprint density at radius 1 is 0.909 bits per heavy atom. The van der Waals surface area contributed by atoms with Crippen molar-refractivity contribution in [1.29, 1.82) is 0 Å². The highest BCUT2D eigenvalue weighted by atomic mass is 32.1. The molecule has 3 heteroatoms. The molecule has 0 aliphatic heterocycles. The van der Waals surface area contributed by atoms with Gasteiger partial charge in [-0.25, -0.2) is 4.98 Å². The lowest BCUT2D eigenvalue weighted by atomic mass is 10.0. The Kier molecular flexibility index (Phi) is 3.99. The lowest BCUT2D eigenvalue weighted by Crippen LogP contribution is -1.91. The molecule has 2 nitrogen and oxygen atoms in total. The number of thiazole rings is 1. The van der Waals surface area contributed by atoms with Gasteiger partial charge in [0, 0.05) is 16.1 Å². The standard InChI is InChI=1S/C19H20N2S/c1-12-6-5-7-16(11-12)20-19-21-18(15(4)22-19)17-9-8-13(2)10-14(17)3/h5-11H,1-4H3,(H,20,21). The predicted octanol–water partition coefficient (Wildman–Crippen LogP) is 5.79. The van der Waals surface area contributed by atoms with Crippen LogP contribution in [0.25, 0.3) is 11.3 Å². The highest BCUT2D eigenvalue weighted by Gasteiger charge is 2.12. The number of nitrogens with zero attached hydrogens (tertiary/aromatic N) is 1. The Morgan fingerprint density at radius 2 is 1.68 bits per heavy atom. The molecule has 0 unspecified atom stereocenters. The van der Waals surface area contributed by atoms with Gasteiger partial charge in [-0.3, -0.25) is 0 Å². The maximum atomic E-state index is 4.80. The third kappa shape index (κ3) is 3.04. The third-order valence-corrected chi connectivity index (χ3v) is 4.59. The van der Waals surface area contributed by atoms with Crippen molar-refractivity contribution in [2.75, 3.05) is 5.32 Å². The van der Waals surface area contributed by atoms with Crippen LogP contribution in [0.3, 0.4) is 0 Å². The lowest BCUT2D eigenvalue weighted by molar-refractivity contribution is 1.31. The number of aromatic nitrogens is 1. The SMILES string of the molecule is Cc1cccc(Nc2nc(-c3ccc(C)cc3C)c(C)s2)c1. The van der Waals surface area contributed by atoms with Crippen LogP contribution in [-0.2, 0) is 0 Å². The molecular formula is C19H20N2S. The quantitative estimate of drug-likeness (QED) is 0.662. The number of nitrogens with one attached hydrogen (secondary N) is 1. The van der Waals surface area contributed by atoms with Crippen LogP contribution in [0.15, 0.2) is 42.5 Å². The monoisotopic (exact) mass is 308 g/mol. The van der Waals surface area contributed by atoms with Gasteiger partial charge in [-0.15, -0.1) is 11.3 Å². The normalized spacial score (nSPS) is 10.7. The molecular weight excluding hydrogens is 288 g/mol. The summed E-state index contributed by atoms with van der Waals surface area (Å²) in [5.74, 6) is 0. The smallest absolute Gasteiger partial charge is 0.187 e. The van der Waals surface area contributed by atoms with Crippen molar-refractivity contribution in [3.63, 3.8) is 0 Å². The first-order chi connectivity index (χ1) is 10.5. The molecule has 3 aromatic rings. The van der Waals surface area contributed by atoms with Crippen molar-refractivity contribution in [3.05, 3.63) is 64.0 Å². The van der Waals surface area contributed by atoms with E-state index in [0.717, 1.165) is 16.5 Å². The van der Waals surface area contributed by atoms with Crippen molar-refractivity contribution in [3.8, 4) is 11.3 Å². The van der Waals surface area contributed by atoms with E-state index in [4.69, 9.17) is 4.98 Å². The number of hydrogen-bond acceptors (Lipinski definition) is 3. The summed E-state index contributed by atoms with van der Waals surface area (Å²) in [6, 6.07) is 14.9. The summed E-state index contributed by atoms with van der Waals surface area (Å²) in [5, 5.41) is 4.36. The second-order valence-electron chi connectivity index (χ2n) is 5.74. The second kappa shape index (κ2) is 5.93. The first-order valence-corrected chi connectivity index (χ1v) is 8.23. The molecule has 0 atom stereocenters. The van der Waals surface area contributed by atoms with Gasteiger partial charge in [-0.2, -0.15) is 0 Å². The molecule has 0 saturated heterocycles. The summed E-state index contributed by atoms with van der Waals surface area (Å²) in [7, 11) is 0. The summed E-state index contributed by atoms with van der Waals surface area (Å²) in [4.78, 5) is 6.04. The molecule has 0 saturated carbocycles. The van der Waals surface area contributed by atoms with E-state index in [0.29, 0.717) is 0 Å². The van der Waals surface area contributed by atoms with E-state index in [9.17, 15) is 0 Å². The average molecular weight is 308 g/mol. The summed E-state index contributed by atoms with van der Waals surface area (Å²) in [5.41, 5.74) is 7.19. The van der Waals surface area contributed by atoms with Crippen LogP contribution in [-0.4, -0.2) is 4.98 Å². The van der Waals surface area contributed by atoms with E-state index >= 15 is 0 Å². The lowest BCUT2D eigenvalue weighted by Gasteiger charge is -2.05. The largest absolute Gasteiger partial charge is 0.332 e. The zero-order valence-electron chi connectivity index (χ0n) is 13.4. The first kappa shape index (κ1) is 14.8. The fourth-order valence-corrected chi connectivity index (χ4v) is 3.47. The zero-order valence-corrected chi connectivity index (χ0v) is 14.2. The number of hydrogen-bond donors (Lipinski definition) is 1. The minimum absolute atomic E-state index is 0.943. The second-order valence-corrected chi connectivity index (χ2v) is 6.94. The summed E-state index contributed by atoms with van der Waals surface area (Å²) in [6.07, 6.45) is 0. The van der Waals surface area contributed by atoms with Crippen LogP contribution in [0.1, 0.15) is 21.6 Å². The van der Waals surface area contributed by atoms with E-state index in [1.54, 1.807) is 11.3 Å². The van der Waals surface area contributed by atoms with Crippen molar-refractivity contribution in [2.45, 2.75) is 27.7 Å². The average Bonchev–Trinajstić information content (AvgIpc) is 2.79. The summed E-state index contributed by atoms with van der Waals surface area (Å²) < 4.78 is 0. The Morgan fingerprint density at radius 3 is 2.41 bits per heavy atom. The van der Waals surface area contributed by atoms with Gasteiger partial charge in [0.15, 0.2) is 5.13 Å². The molecule has 22 heavy (non-hydrogen) atoms. The Bertz CT molecular complexity index is 818. The fourth-order valence-electron chi connectivity index (χ4n) is 2.63. The predicted molar refractivity (Wildman–Crippen MR) is 96.2 cm³/mol. The van der Waals surface area contributed by atoms with Crippen molar-refractivity contribution >= 4 is 22.2 Å². The molecule has 0 amide bonds. The molecule has 0 aliphatic rings. The van der Waals surface area contributed by atoms with Gasteiger partial charge >= 0.3 is 0 Å². The molecule has 2 aromatic carbocycles. The van der Waals surface area contributed by atoms with Crippen LogP contribution in [0.4, 0.5) is 10.8 Å². The van der Waals surface area contributed by atoms with E-state index in [1.165, 1.54) is 27.1 Å². The minimum Gasteiger partial charge on any atom is -0.332 e. The van der Waals surface area contributed by atoms with Gasteiger partial charge in [-0.1, -0.05) is 35.9 Å². The highest BCUT2D eigenvalue weighted by molar-refractivity contribution is 7.16. The molecule has 0 fully saturated rings. The number of anilines is 2. The minimum atomic E-state index is 0.943. The van der Waals surface area contributed by atoms with Crippen LogP contribution < -0.4 is 5.32 Å². The van der Waals surface area contributed by atoms with Crippen molar-refractivity contribution < 1.29 is 0 Å². The highest BCUT2D eigenvalue weighted by Crippen LogP contribution is 2.33. The van der Waals surface area contributed by atoms with E-state index < -0.39 is 0 Å². The molecule has 3 rings (SSSR count). The van der Waals surface area contributed by atoms with Crippen molar-refractivity contribution in [1.82, 2.24) is 4.98 Å². The maximum Gasteiger partial charge on any atom is 0.187 e. The Balaban J connectivity index is 1.94. The Labute approximate surface area is 135 Å². The summed E-state index contributed by atoms with van der Waals surface area (Å²) >= 11 is 1.70. The van der Waals surface area contributed by atoms with Gasteiger partial charge in [0.1, 0.15) is 0 Å². The third-order valence-electron chi connectivity index (χ3n) is 3.70. The van der Waals surface area contributed by atoms with Gasteiger partial charge in [-0.05, 0) is 51.0 Å². The fraction of sp³-hybridized carbons (Fsp3) is 0.211. The molecule has 1 aromatic heterocycles. The van der Waals surface area contributed by atoms with E-state index in [2.05, 4.69) is 75.5 Å².